The second kappa shape index (κ2) is 6.04. The van der Waals surface area contributed by atoms with E-state index in [-0.39, 0.29) is 11.7 Å². The molecule has 0 N–H and O–H groups in total. The van der Waals surface area contributed by atoms with Crippen LogP contribution in [0.1, 0.15) is 34.7 Å². The molecule has 108 valence electrons. The zero-order valence-corrected chi connectivity index (χ0v) is 11.7. The molecule has 1 saturated heterocycles. The number of nitrogens with zero attached hydrogens (tertiary/aromatic N) is 2. The molecule has 0 bridgehead atoms. The molecule has 0 radical (unpaired) electrons. The molecule has 1 fully saturated rings. The van der Waals surface area contributed by atoms with Gasteiger partial charge in [-0.25, -0.2) is 4.39 Å². The average Bonchev–Trinajstić information content (AvgIpc) is 2.55. The Balaban J connectivity index is 1.64. The Morgan fingerprint density at radius 2 is 1.86 bits per heavy atom. The van der Waals surface area contributed by atoms with E-state index in [4.69, 9.17) is 0 Å². The number of benzene rings is 1. The second-order valence-electron chi connectivity index (χ2n) is 5.36. The van der Waals surface area contributed by atoms with E-state index in [0.29, 0.717) is 24.6 Å². The van der Waals surface area contributed by atoms with Crippen LogP contribution in [0.3, 0.4) is 0 Å². The molecule has 0 unspecified atom stereocenters. The highest BCUT2D eigenvalue weighted by atomic mass is 19.1. The third kappa shape index (κ3) is 3.10. The molecule has 4 heteroatoms. The Kier molecular flexibility index (Phi) is 3.95. The standard InChI is InChI=1S/C17H17FN2O/c18-16-3-1-2-15(12-16)17(21)20-10-6-14(7-11-20)13-4-8-19-9-5-13/h1-5,8-9,12,14H,6-7,10-11H2. The molecule has 1 aliphatic heterocycles. The highest BCUT2D eigenvalue weighted by molar-refractivity contribution is 5.94. The molecule has 0 spiro atoms. The summed E-state index contributed by atoms with van der Waals surface area (Å²) >= 11 is 0. The second-order valence-corrected chi connectivity index (χ2v) is 5.36. The van der Waals surface area contributed by atoms with Gasteiger partial charge in [0.25, 0.3) is 5.91 Å². The minimum atomic E-state index is -0.368. The fourth-order valence-corrected chi connectivity index (χ4v) is 2.86. The smallest absolute Gasteiger partial charge is 0.253 e. The number of piperidine rings is 1. The zero-order chi connectivity index (χ0) is 14.7. The summed E-state index contributed by atoms with van der Waals surface area (Å²) in [6.45, 7) is 1.42. The number of hydrogen-bond donors (Lipinski definition) is 0. The highest BCUT2D eigenvalue weighted by Crippen LogP contribution is 2.28. The Morgan fingerprint density at radius 3 is 2.52 bits per heavy atom. The van der Waals surface area contributed by atoms with Gasteiger partial charge in [0.1, 0.15) is 5.82 Å². The summed E-state index contributed by atoms with van der Waals surface area (Å²) in [5.41, 5.74) is 1.71. The summed E-state index contributed by atoms with van der Waals surface area (Å²) in [6.07, 6.45) is 5.48. The van der Waals surface area contributed by atoms with E-state index in [1.165, 1.54) is 17.7 Å². The molecule has 3 rings (SSSR count). The first-order chi connectivity index (χ1) is 10.2. The van der Waals surface area contributed by atoms with Gasteiger partial charge in [-0.2, -0.15) is 0 Å². The lowest BCUT2D eigenvalue weighted by Gasteiger charge is -2.32. The first-order valence-corrected chi connectivity index (χ1v) is 7.19. The van der Waals surface area contributed by atoms with Gasteiger partial charge in [0.05, 0.1) is 0 Å². The van der Waals surface area contributed by atoms with Crippen LogP contribution in [0.4, 0.5) is 4.39 Å². The molecule has 21 heavy (non-hydrogen) atoms. The van der Waals surface area contributed by atoms with Crippen molar-refractivity contribution in [3.8, 4) is 0 Å². The molecular formula is C17H17FN2O. The van der Waals surface area contributed by atoms with E-state index >= 15 is 0 Å². The van der Waals surface area contributed by atoms with E-state index in [1.807, 2.05) is 17.0 Å². The topological polar surface area (TPSA) is 33.2 Å². The van der Waals surface area contributed by atoms with Gasteiger partial charge in [0, 0.05) is 31.0 Å². The highest BCUT2D eigenvalue weighted by Gasteiger charge is 2.24. The van der Waals surface area contributed by atoms with Crippen molar-refractivity contribution in [1.29, 1.82) is 0 Å². The van der Waals surface area contributed by atoms with Gasteiger partial charge >= 0.3 is 0 Å². The van der Waals surface area contributed by atoms with Crippen LogP contribution < -0.4 is 0 Å². The van der Waals surface area contributed by atoms with Crippen molar-refractivity contribution in [3.63, 3.8) is 0 Å². The Hall–Kier alpha value is -2.23. The van der Waals surface area contributed by atoms with E-state index in [9.17, 15) is 9.18 Å². The van der Waals surface area contributed by atoms with Crippen molar-refractivity contribution in [2.45, 2.75) is 18.8 Å². The van der Waals surface area contributed by atoms with Gasteiger partial charge in [-0.05, 0) is 54.7 Å². The Bertz CT molecular complexity index is 622. The molecule has 2 aromatic rings. The fourth-order valence-electron chi connectivity index (χ4n) is 2.86. The number of pyridine rings is 1. The van der Waals surface area contributed by atoms with Crippen LogP contribution in [0, 0.1) is 5.82 Å². The number of carbonyl (C=O) groups excluding carboxylic acids is 1. The Morgan fingerprint density at radius 1 is 1.14 bits per heavy atom. The van der Waals surface area contributed by atoms with Crippen molar-refractivity contribution in [2.75, 3.05) is 13.1 Å². The predicted octanol–water partition coefficient (Wildman–Crippen LogP) is 3.24. The largest absolute Gasteiger partial charge is 0.339 e. The average molecular weight is 284 g/mol. The summed E-state index contributed by atoms with van der Waals surface area (Å²) < 4.78 is 13.2. The first-order valence-electron chi connectivity index (χ1n) is 7.19. The lowest BCUT2D eigenvalue weighted by molar-refractivity contribution is 0.0712. The number of carbonyl (C=O) groups is 1. The van der Waals surface area contributed by atoms with Crippen LogP contribution in [-0.2, 0) is 0 Å². The molecular weight excluding hydrogens is 267 g/mol. The molecule has 3 nitrogen and oxygen atoms in total. The molecule has 0 aliphatic carbocycles. The van der Waals surface area contributed by atoms with E-state index in [1.54, 1.807) is 24.5 Å². The lowest BCUT2D eigenvalue weighted by Crippen LogP contribution is -2.37. The van der Waals surface area contributed by atoms with Crippen LogP contribution in [0.2, 0.25) is 0 Å². The Labute approximate surface area is 123 Å². The number of rotatable bonds is 2. The van der Waals surface area contributed by atoms with Crippen LogP contribution in [0.15, 0.2) is 48.8 Å². The van der Waals surface area contributed by atoms with Crippen LogP contribution in [0.25, 0.3) is 0 Å². The third-order valence-electron chi connectivity index (χ3n) is 4.03. The molecule has 0 saturated carbocycles. The summed E-state index contributed by atoms with van der Waals surface area (Å²) in [5, 5.41) is 0. The SMILES string of the molecule is O=C(c1cccc(F)c1)N1CCC(c2ccncc2)CC1. The lowest BCUT2D eigenvalue weighted by atomic mass is 9.90. The number of likely N-dealkylation sites (tertiary alicyclic amines) is 1. The number of aromatic nitrogens is 1. The normalized spacial score (nSPS) is 16.0. The molecule has 2 heterocycles. The van der Waals surface area contributed by atoms with Crippen LogP contribution >= 0.6 is 0 Å². The van der Waals surface area contributed by atoms with Crippen molar-refractivity contribution in [3.05, 3.63) is 65.7 Å². The van der Waals surface area contributed by atoms with Crippen molar-refractivity contribution >= 4 is 5.91 Å². The van der Waals surface area contributed by atoms with Gasteiger partial charge < -0.3 is 4.90 Å². The maximum Gasteiger partial charge on any atom is 0.253 e. The van der Waals surface area contributed by atoms with Gasteiger partial charge in [0.2, 0.25) is 0 Å². The molecule has 1 aromatic carbocycles. The first kappa shape index (κ1) is 13.7. The van der Waals surface area contributed by atoms with Crippen LogP contribution in [0.5, 0.6) is 0 Å². The molecule has 1 aliphatic rings. The monoisotopic (exact) mass is 284 g/mol. The van der Waals surface area contributed by atoms with Gasteiger partial charge in [0.15, 0.2) is 0 Å². The summed E-state index contributed by atoms with van der Waals surface area (Å²) in [5.74, 6) is 0.0276. The van der Waals surface area contributed by atoms with Crippen molar-refractivity contribution in [2.24, 2.45) is 0 Å². The predicted molar refractivity (Wildman–Crippen MR) is 78.5 cm³/mol. The summed E-state index contributed by atoms with van der Waals surface area (Å²) in [4.78, 5) is 18.2. The number of halogens is 1. The van der Waals surface area contributed by atoms with Gasteiger partial charge in [-0.1, -0.05) is 6.07 Å². The summed E-state index contributed by atoms with van der Waals surface area (Å²) in [6, 6.07) is 9.97. The van der Waals surface area contributed by atoms with Gasteiger partial charge in [-0.15, -0.1) is 0 Å². The van der Waals surface area contributed by atoms with E-state index in [2.05, 4.69) is 4.98 Å². The van der Waals surface area contributed by atoms with Crippen molar-refractivity contribution < 1.29 is 9.18 Å². The number of amides is 1. The molecule has 1 amide bonds. The quantitative estimate of drug-likeness (QED) is 0.848. The van der Waals surface area contributed by atoms with Crippen LogP contribution in [-0.4, -0.2) is 28.9 Å². The van der Waals surface area contributed by atoms with E-state index in [0.717, 1.165) is 12.8 Å². The molecule has 0 atom stereocenters. The maximum atomic E-state index is 13.2. The minimum absolute atomic E-state index is 0.0809. The van der Waals surface area contributed by atoms with E-state index < -0.39 is 0 Å². The molecule has 1 aromatic heterocycles. The van der Waals surface area contributed by atoms with Gasteiger partial charge in [-0.3, -0.25) is 9.78 Å². The van der Waals surface area contributed by atoms with Crippen molar-refractivity contribution in [1.82, 2.24) is 9.88 Å². The fraction of sp³-hybridized carbons (Fsp3) is 0.294. The third-order valence-corrected chi connectivity index (χ3v) is 4.03. The summed E-state index contributed by atoms with van der Waals surface area (Å²) in [7, 11) is 0. The maximum absolute atomic E-state index is 13.2. The number of hydrogen-bond acceptors (Lipinski definition) is 2. The zero-order valence-electron chi connectivity index (χ0n) is 11.7. The minimum Gasteiger partial charge on any atom is -0.339 e.